The van der Waals surface area contributed by atoms with E-state index in [4.69, 9.17) is 19.6 Å². The van der Waals surface area contributed by atoms with Crippen LogP contribution in [0.2, 0.25) is 0 Å². The molecule has 1 spiro atoms. The molecule has 192 valence electrons. The standard InChI is InChI=1S/C27H36N6O2S/c1-5-18-21-25(33(30-18)16(2)19-11-9-15-32(19)3)28-24(29-26(21)36-4)22-17-10-8-14-27(23(17)35-31-22)13-7-6-12-20(27)34/h16,19H,5-15H2,1-4H3/t16-,19-,27+/m0/s1. The van der Waals surface area contributed by atoms with Gasteiger partial charge < -0.3 is 9.42 Å². The number of aromatic nitrogens is 5. The van der Waals surface area contributed by atoms with Gasteiger partial charge in [0.25, 0.3) is 0 Å². The summed E-state index contributed by atoms with van der Waals surface area (Å²) in [4.78, 5) is 25.7. The molecule has 0 unspecified atom stereocenters. The Hall–Kier alpha value is -2.26. The minimum atomic E-state index is -0.498. The molecule has 0 bridgehead atoms. The van der Waals surface area contributed by atoms with E-state index < -0.39 is 5.41 Å². The summed E-state index contributed by atoms with van der Waals surface area (Å²) >= 11 is 1.63. The maximum absolute atomic E-state index is 13.1. The van der Waals surface area contributed by atoms with Crippen molar-refractivity contribution < 1.29 is 9.32 Å². The van der Waals surface area contributed by atoms with Crippen LogP contribution in [0.3, 0.4) is 0 Å². The molecule has 2 fully saturated rings. The highest BCUT2D eigenvalue weighted by molar-refractivity contribution is 7.98. The summed E-state index contributed by atoms with van der Waals surface area (Å²) in [7, 11) is 2.21. The highest BCUT2D eigenvalue weighted by atomic mass is 32.2. The monoisotopic (exact) mass is 508 g/mol. The van der Waals surface area contributed by atoms with Gasteiger partial charge in [-0.3, -0.25) is 4.79 Å². The highest BCUT2D eigenvalue weighted by Crippen LogP contribution is 2.47. The molecule has 9 heteroatoms. The predicted octanol–water partition coefficient (Wildman–Crippen LogP) is 5.14. The van der Waals surface area contributed by atoms with Gasteiger partial charge in [0.05, 0.1) is 22.5 Å². The maximum atomic E-state index is 13.1. The SMILES string of the molecule is CCc1nn([C@@H](C)[C@@H]2CCCN2C)c2nc(-c3noc4c3CCC[C@@]43CCCCC3=O)nc(SC)c12. The van der Waals surface area contributed by atoms with Crippen molar-refractivity contribution in [3.63, 3.8) is 0 Å². The lowest BCUT2D eigenvalue weighted by atomic mass is 9.64. The Kier molecular flexibility index (Phi) is 6.19. The van der Waals surface area contributed by atoms with Crippen LogP contribution in [0.5, 0.6) is 0 Å². The van der Waals surface area contributed by atoms with Crippen molar-refractivity contribution in [1.82, 2.24) is 29.8 Å². The summed E-state index contributed by atoms with van der Waals surface area (Å²) in [6.45, 7) is 5.52. The second-order valence-corrected chi connectivity index (χ2v) is 11.6. The fraction of sp³-hybridized carbons (Fsp3) is 0.667. The van der Waals surface area contributed by atoms with E-state index in [1.54, 1.807) is 11.8 Å². The van der Waals surface area contributed by atoms with E-state index in [-0.39, 0.29) is 6.04 Å². The van der Waals surface area contributed by atoms with Crippen LogP contribution in [0.25, 0.3) is 22.6 Å². The number of aryl methyl sites for hydroxylation is 1. The van der Waals surface area contributed by atoms with Gasteiger partial charge in [-0.05, 0) is 78.1 Å². The number of nitrogens with zero attached hydrogens (tertiary/aromatic N) is 6. The number of thioether (sulfide) groups is 1. The Labute approximate surface area is 216 Å². The molecule has 1 aliphatic heterocycles. The lowest BCUT2D eigenvalue weighted by Crippen LogP contribution is -2.41. The third-order valence-corrected chi connectivity index (χ3v) is 9.58. The van der Waals surface area contributed by atoms with Gasteiger partial charge in [0.1, 0.15) is 10.8 Å². The average molecular weight is 509 g/mol. The maximum Gasteiger partial charge on any atom is 0.185 e. The number of rotatable bonds is 5. The van der Waals surface area contributed by atoms with E-state index in [0.717, 1.165) is 84.6 Å². The number of hydrogen-bond donors (Lipinski definition) is 0. The first kappa shape index (κ1) is 24.1. The van der Waals surface area contributed by atoms with Crippen molar-refractivity contribution in [2.24, 2.45) is 0 Å². The smallest absolute Gasteiger partial charge is 0.185 e. The van der Waals surface area contributed by atoms with Crippen LogP contribution in [0.4, 0.5) is 0 Å². The summed E-state index contributed by atoms with van der Waals surface area (Å²) < 4.78 is 8.13. The van der Waals surface area contributed by atoms with Gasteiger partial charge >= 0.3 is 0 Å². The second-order valence-electron chi connectivity index (χ2n) is 10.8. The van der Waals surface area contributed by atoms with Gasteiger partial charge in [0.2, 0.25) is 0 Å². The van der Waals surface area contributed by atoms with Crippen LogP contribution >= 0.6 is 11.8 Å². The molecule has 0 N–H and O–H groups in total. The molecule has 1 saturated carbocycles. The molecule has 3 aromatic heterocycles. The molecule has 2 aliphatic carbocycles. The van der Waals surface area contributed by atoms with Gasteiger partial charge in [0.15, 0.2) is 22.9 Å². The van der Waals surface area contributed by atoms with Crippen molar-refractivity contribution in [3.05, 3.63) is 17.0 Å². The molecule has 4 heterocycles. The summed E-state index contributed by atoms with van der Waals surface area (Å²) in [6, 6.07) is 0.637. The Morgan fingerprint density at radius 1 is 1.17 bits per heavy atom. The molecule has 8 nitrogen and oxygen atoms in total. The molecule has 0 amide bonds. The van der Waals surface area contributed by atoms with Gasteiger partial charge in [0, 0.05) is 18.0 Å². The molecule has 36 heavy (non-hydrogen) atoms. The first-order valence-electron chi connectivity index (χ1n) is 13.5. The van der Waals surface area contributed by atoms with Crippen LogP contribution in [0, 0.1) is 0 Å². The summed E-state index contributed by atoms with van der Waals surface area (Å²) in [5.41, 5.74) is 3.17. The molecule has 6 rings (SSSR count). The first-order chi connectivity index (χ1) is 17.5. The number of ketones is 1. The zero-order chi connectivity index (χ0) is 25.0. The third-order valence-electron chi connectivity index (χ3n) is 8.89. The second kappa shape index (κ2) is 9.24. The zero-order valence-corrected chi connectivity index (χ0v) is 22.7. The molecule has 0 aromatic carbocycles. The van der Waals surface area contributed by atoms with Crippen LogP contribution in [-0.2, 0) is 23.1 Å². The lowest BCUT2D eigenvalue weighted by molar-refractivity contribution is -0.128. The number of Topliss-reactive ketones (excluding diaryl/α,β-unsaturated/α-hetero) is 1. The van der Waals surface area contributed by atoms with Crippen molar-refractivity contribution >= 4 is 28.6 Å². The fourth-order valence-electron chi connectivity index (χ4n) is 6.94. The molecule has 0 radical (unpaired) electrons. The third kappa shape index (κ3) is 3.56. The van der Waals surface area contributed by atoms with Crippen LogP contribution in [0.15, 0.2) is 9.55 Å². The van der Waals surface area contributed by atoms with Crippen LogP contribution in [-0.4, -0.2) is 61.5 Å². The summed E-state index contributed by atoms with van der Waals surface area (Å²) in [5, 5.41) is 11.6. The largest absolute Gasteiger partial charge is 0.359 e. The Morgan fingerprint density at radius 3 is 2.72 bits per heavy atom. The predicted molar refractivity (Wildman–Crippen MR) is 140 cm³/mol. The van der Waals surface area contributed by atoms with E-state index in [1.165, 1.54) is 12.8 Å². The van der Waals surface area contributed by atoms with E-state index in [9.17, 15) is 4.79 Å². The molecule has 3 aliphatic rings. The number of fused-ring (bicyclic) bond motifs is 3. The highest BCUT2D eigenvalue weighted by Gasteiger charge is 2.48. The molecular weight excluding hydrogens is 472 g/mol. The molecular formula is C27H36N6O2S. The van der Waals surface area contributed by atoms with Crippen LogP contribution in [0.1, 0.15) is 88.3 Å². The number of hydrogen-bond acceptors (Lipinski definition) is 8. The topological polar surface area (TPSA) is 89.9 Å². The van der Waals surface area contributed by atoms with Gasteiger partial charge in [-0.1, -0.05) is 18.5 Å². The van der Waals surface area contributed by atoms with Crippen molar-refractivity contribution in [1.29, 1.82) is 0 Å². The lowest BCUT2D eigenvalue weighted by Gasteiger charge is -2.36. The van der Waals surface area contributed by atoms with Crippen LogP contribution < -0.4 is 0 Å². The number of likely N-dealkylation sites (N-methyl/N-ethyl adjacent to an activating group) is 1. The fourth-order valence-corrected chi connectivity index (χ4v) is 7.53. The van der Waals surface area contributed by atoms with E-state index in [1.807, 2.05) is 0 Å². The van der Waals surface area contributed by atoms with Gasteiger partial charge in [-0.2, -0.15) is 5.10 Å². The van der Waals surface area contributed by atoms with Crippen molar-refractivity contribution in [3.8, 4) is 11.5 Å². The molecule has 1 saturated heterocycles. The molecule has 3 aromatic rings. The number of carbonyl (C=O) groups excluding carboxylic acids is 1. The van der Waals surface area contributed by atoms with Crippen molar-refractivity contribution in [2.75, 3.05) is 19.8 Å². The minimum Gasteiger partial charge on any atom is -0.359 e. The Bertz CT molecular complexity index is 1320. The quantitative estimate of drug-likeness (QED) is 0.346. The zero-order valence-electron chi connectivity index (χ0n) is 21.8. The normalized spacial score (nSPS) is 25.7. The average Bonchev–Trinajstić information content (AvgIpc) is 3.62. The van der Waals surface area contributed by atoms with Gasteiger partial charge in [-0.25, -0.2) is 14.6 Å². The minimum absolute atomic E-state index is 0.201. The number of likely N-dealkylation sites (tertiary alicyclic amines) is 1. The number of carbonyl (C=O) groups is 1. The summed E-state index contributed by atoms with van der Waals surface area (Å²) in [5.74, 6) is 1.69. The van der Waals surface area contributed by atoms with Gasteiger partial charge in [-0.15, -0.1) is 11.8 Å². The first-order valence-corrected chi connectivity index (χ1v) is 14.8. The summed E-state index contributed by atoms with van der Waals surface area (Å²) in [6.07, 6.45) is 11.5. The molecule has 3 atom stereocenters. The van der Waals surface area contributed by atoms with E-state index >= 15 is 0 Å². The Balaban J connectivity index is 1.50. The van der Waals surface area contributed by atoms with E-state index in [2.05, 4.69) is 41.9 Å². The van der Waals surface area contributed by atoms with E-state index in [0.29, 0.717) is 29.8 Å². The Morgan fingerprint density at radius 2 is 2.00 bits per heavy atom. The van der Waals surface area contributed by atoms with Crippen molar-refractivity contribution in [2.45, 2.75) is 101 Å².